The van der Waals surface area contributed by atoms with E-state index in [9.17, 15) is 0 Å². The lowest BCUT2D eigenvalue weighted by Gasteiger charge is -2.14. The van der Waals surface area contributed by atoms with Gasteiger partial charge in [0, 0.05) is 24.9 Å². The molecular formula is C16H15N. The minimum atomic E-state index is 1.03. The first-order valence-electron chi connectivity index (χ1n) is 5.92. The number of nitrogens with zero attached hydrogens (tertiary/aromatic N) is 1. The molecule has 0 saturated carbocycles. The van der Waals surface area contributed by atoms with E-state index in [4.69, 9.17) is 0 Å². The number of benzene rings is 2. The topological polar surface area (TPSA) is 3.24 Å². The molecule has 2 aromatic rings. The molecule has 0 spiro atoms. The number of fused-ring (bicyclic) bond motifs is 1. The van der Waals surface area contributed by atoms with Crippen LogP contribution in [0.15, 0.2) is 60.3 Å². The fraction of sp³-hybridized carbons (Fsp3) is 0.125. The van der Waals surface area contributed by atoms with Gasteiger partial charge in [0.25, 0.3) is 0 Å². The van der Waals surface area contributed by atoms with E-state index in [1.807, 2.05) is 0 Å². The normalized spacial score (nSPS) is 16.3. The van der Waals surface area contributed by atoms with E-state index in [1.165, 1.54) is 22.5 Å². The molecule has 1 heteroatoms. The number of hydrogen-bond donors (Lipinski definition) is 0. The highest BCUT2D eigenvalue weighted by atomic mass is 15.1. The second-order valence-electron chi connectivity index (χ2n) is 4.41. The van der Waals surface area contributed by atoms with Gasteiger partial charge >= 0.3 is 0 Å². The summed E-state index contributed by atoms with van der Waals surface area (Å²) >= 11 is 0. The largest absolute Gasteiger partial charge is 0.348 e. The number of para-hydroxylation sites is 1. The maximum Gasteiger partial charge on any atom is 0.0442 e. The highest BCUT2D eigenvalue weighted by molar-refractivity contribution is 5.70. The zero-order valence-electron chi connectivity index (χ0n) is 9.93. The maximum atomic E-state index is 2.28. The fourth-order valence-electron chi connectivity index (χ4n) is 2.35. The molecule has 0 radical (unpaired) electrons. The first-order valence-corrected chi connectivity index (χ1v) is 5.92. The number of hydrogen-bond acceptors (Lipinski definition) is 1. The molecule has 17 heavy (non-hydrogen) atoms. The van der Waals surface area contributed by atoms with E-state index in [1.54, 1.807) is 0 Å². The van der Waals surface area contributed by atoms with Gasteiger partial charge in [-0.2, -0.15) is 0 Å². The van der Waals surface area contributed by atoms with Crippen molar-refractivity contribution in [1.29, 1.82) is 0 Å². The maximum absolute atomic E-state index is 2.28. The van der Waals surface area contributed by atoms with Crippen LogP contribution < -0.4 is 4.90 Å². The summed E-state index contributed by atoms with van der Waals surface area (Å²) in [5.41, 5.74) is 5.37. The molecule has 0 N–H and O–H groups in total. The zero-order chi connectivity index (χ0) is 11.7. The van der Waals surface area contributed by atoms with Crippen LogP contribution in [0.5, 0.6) is 0 Å². The summed E-state index contributed by atoms with van der Waals surface area (Å²) in [6.07, 6.45) is 3.29. The van der Waals surface area contributed by atoms with Gasteiger partial charge in [-0.25, -0.2) is 0 Å². The Morgan fingerprint density at radius 3 is 2.41 bits per heavy atom. The molecular weight excluding hydrogens is 206 g/mol. The van der Waals surface area contributed by atoms with Gasteiger partial charge < -0.3 is 4.90 Å². The Balaban J connectivity index is 1.97. The Morgan fingerprint density at radius 2 is 1.65 bits per heavy atom. The third-order valence-corrected chi connectivity index (χ3v) is 3.29. The van der Waals surface area contributed by atoms with Crippen LogP contribution in [-0.2, 0) is 6.42 Å². The van der Waals surface area contributed by atoms with E-state index < -0.39 is 0 Å². The van der Waals surface area contributed by atoms with Crippen LogP contribution in [0.4, 0.5) is 5.69 Å². The summed E-state index contributed by atoms with van der Waals surface area (Å²) in [5, 5.41) is 0. The molecule has 84 valence electrons. The van der Waals surface area contributed by atoms with Crippen LogP contribution in [0.2, 0.25) is 0 Å². The third kappa shape index (κ3) is 1.84. The quantitative estimate of drug-likeness (QED) is 0.709. The SMILES string of the molecule is CN1C(=Cc2ccccc2)Cc2ccccc21. The third-order valence-electron chi connectivity index (χ3n) is 3.29. The van der Waals surface area contributed by atoms with E-state index in [2.05, 4.69) is 72.6 Å². The van der Waals surface area contributed by atoms with Crippen molar-refractivity contribution < 1.29 is 0 Å². The Hall–Kier alpha value is -2.02. The van der Waals surface area contributed by atoms with E-state index in [-0.39, 0.29) is 0 Å². The van der Waals surface area contributed by atoms with Crippen molar-refractivity contribution in [3.63, 3.8) is 0 Å². The van der Waals surface area contributed by atoms with E-state index >= 15 is 0 Å². The summed E-state index contributed by atoms with van der Waals surface area (Å²) in [4.78, 5) is 2.28. The molecule has 0 fully saturated rings. The van der Waals surface area contributed by atoms with Crippen LogP contribution >= 0.6 is 0 Å². The van der Waals surface area contributed by atoms with Crippen LogP contribution in [0.25, 0.3) is 6.08 Å². The van der Waals surface area contributed by atoms with Crippen LogP contribution in [0.1, 0.15) is 11.1 Å². The zero-order valence-corrected chi connectivity index (χ0v) is 9.93. The molecule has 0 bridgehead atoms. The van der Waals surface area contributed by atoms with Gasteiger partial charge in [-0.15, -0.1) is 0 Å². The van der Waals surface area contributed by atoms with E-state index in [0.29, 0.717) is 0 Å². The van der Waals surface area contributed by atoms with Gasteiger partial charge in [-0.1, -0.05) is 48.5 Å². The summed E-state index contributed by atoms with van der Waals surface area (Å²) in [6.45, 7) is 0. The second-order valence-corrected chi connectivity index (χ2v) is 4.41. The Labute approximate surface area is 102 Å². The smallest absolute Gasteiger partial charge is 0.0442 e. The first kappa shape index (κ1) is 10.2. The molecule has 1 aliphatic heterocycles. The number of allylic oxidation sites excluding steroid dienone is 1. The van der Waals surface area contributed by atoms with Crippen molar-refractivity contribution in [3.8, 4) is 0 Å². The molecule has 2 aromatic carbocycles. The summed E-state index contributed by atoms with van der Waals surface area (Å²) in [7, 11) is 2.14. The first-order chi connectivity index (χ1) is 8.34. The van der Waals surface area contributed by atoms with Crippen molar-refractivity contribution in [2.75, 3.05) is 11.9 Å². The highest BCUT2D eigenvalue weighted by Gasteiger charge is 2.19. The van der Waals surface area contributed by atoms with Crippen LogP contribution in [-0.4, -0.2) is 7.05 Å². The standard InChI is InChI=1S/C16H15N/c1-17-15(11-13-7-3-2-4-8-13)12-14-9-5-6-10-16(14)17/h2-11H,12H2,1H3. The lowest BCUT2D eigenvalue weighted by molar-refractivity contribution is 1.11. The highest BCUT2D eigenvalue weighted by Crippen LogP contribution is 2.33. The summed E-state index contributed by atoms with van der Waals surface area (Å²) < 4.78 is 0. The van der Waals surface area contributed by atoms with E-state index in [0.717, 1.165) is 6.42 Å². The Kier molecular flexibility index (Phi) is 2.45. The molecule has 0 unspecified atom stereocenters. The van der Waals surface area contributed by atoms with Gasteiger partial charge in [-0.3, -0.25) is 0 Å². The molecule has 1 heterocycles. The minimum absolute atomic E-state index is 1.03. The molecule has 1 aliphatic rings. The summed E-state index contributed by atoms with van der Waals surface area (Å²) in [6, 6.07) is 19.1. The molecule has 0 amide bonds. The second kappa shape index (κ2) is 4.10. The van der Waals surface area contributed by atoms with Crippen LogP contribution in [0.3, 0.4) is 0 Å². The molecule has 0 aromatic heterocycles. The van der Waals surface area contributed by atoms with Crippen molar-refractivity contribution in [3.05, 3.63) is 71.4 Å². The molecule has 0 atom stereocenters. The van der Waals surface area contributed by atoms with Gasteiger partial charge in [-0.05, 0) is 23.3 Å². The van der Waals surface area contributed by atoms with Crippen LogP contribution in [0, 0.1) is 0 Å². The monoisotopic (exact) mass is 221 g/mol. The Morgan fingerprint density at radius 1 is 0.941 bits per heavy atom. The summed E-state index contributed by atoms with van der Waals surface area (Å²) in [5.74, 6) is 0. The predicted molar refractivity (Wildman–Crippen MR) is 73.0 cm³/mol. The molecule has 0 aliphatic carbocycles. The number of likely N-dealkylation sites (N-methyl/N-ethyl adjacent to an activating group) is 1. The van der Waals surface area contributed by atoms with Crippen molar-refractivity contribution in [2.24, 2.45) is 0 Å². The Bertz CT molecular complexity index is 555. The molecule has 1 nitrogen and oxygen atoms in total. The molecule has 3 rings (SSSR count). The average molecular weight is 221 g/mol. The average Bonchev–Trinajstić information content (AvgIpc) is 2.68. The van der Waals surface area contributed by atoms with Crippen molar-refractivity contribution in [1.82, 2.24) is 0 Å². The minimum Gasteiger partial charge on any atom is -0.348 e. The van der Waals surface area contributed by atoms with Gasteiger partial charge in [0.15, 0.2) is 0 Å². The predicted octanol–water partition coefficient (Wildman–Crippen LogP) is 3.72. The van der Waals surface area contributed by atoms with Gasteiger partial charge in [0.1, 0.15) is 0 Å². The van der Waals surface area contributed by atoms with Gasteiger partial charge in [0.05, 0.1) is 0 Å². The number of rotatable bonds is 1. The number of anilines is 1. The fourth-order valence-corrected chi connectivity index (χ4v) is 2.35. The molecule has 0 saturated heterocycles. The van der Waals surface area contributed by atoms with Crippen molar-refractivity contribution in [2.45, 2.75) is 6.42 Å². The lowest BCUT2D eigenvalue weighted by Crippen LogP contribution is -2.10. The van der Waals surface area contributed by atoms with Crippen molar-refractivity contribution >= 4 is 11.8 Å². The lowest BCUT2D eigenvalue weighted by atomic mass is 10.1. The van der Waals surface area contributed by atoms with Gasteiger partial charge in [0.2, 0.25) is 0 Å².